The van der Waals surface area contributed by atoms with E-state index in [1.807, 2.05) is 0 Å². The second kappa shape index (κ2) is 5.15. The molecule has 0 saturated carbocycles. The highest BCUT2D eigenvalue weighted by Gasteiger charge is 2.58. The van der Waals surface area contributed by atoms with Crippen molar-refractivity contribution in [3.63, 3.8) is 0 Å². The summed E-state index contributed by atoms with van der Waals surface area (Å²) in [6.45, 7) is 3.55. The molecule has 2 N–H and O–H groups in total. The largest absolute Gasteiger partial charge is 0.457 e. The summed E-state index contributed by atoms with van der Waals surface area (Å²) < 4.78 is 27.7. The molecule has 2 unspecified atom stereocenters. The van der Waals surface area contributed by atoms with Gasteiger partial charge in [-0.05, 0) is 13.8 Å². The molecule has 3 aliphatic heterocycles. The van der Waals surface area contributed by atoms with Gasteiger partial charge in [0.25, 0.3) is 0 Å². The Morgan fingerprint density at radius 1 is 1.24 bits per heavy atom. The van der Waals surface area contributed by atoms with E-state index in [2.05, 4.69) is 0 Å². The zero-order chi connectivity index (χ0) is 15.4. The van der Waals surface area contributed by atoms with Crippen molar-refractivity contribution in [2.24, 2.45) is 0 Å². The monoisotopic (exact) mass is 304 g/mol. The summed E-state index contributed by atoms with van der Waals surface area (Å²) in [5.41, 5.74) is 0. The van der Waals surface area contributed by atoms with E-state index >= 15 is 0 Å². The number of carbonyl (C=O) groups excluding carboxylic acids is 1. The van der Waals surface area contributed by atoms with Crippen molar-refractivity contribution in [3.8, 4) is 0 Å². The van der Waals surface area contributed by atoms with Crippen LogP contribution in [0.5, 0.6) is 0 Å². The Balaban J connectivity index is 1.74. The summed E-state index contributed by atoms with van der Waals surface area (Å²) in [5, 5.41) is 19.1. The fourth-order valence-corrected chi connectivity index (χ4v) is 3.06. The maximum absolute atomic E-state index is 11.5. The van der Waals surface area contributed by atoms with E-state index in [0.29, 0.717) is 0 Å². The first-order chi connectivity index (χ1) is 9.82. The summed E-state index contributed by atoms with van der Waals surface area (Å²) in [4.78, 5) is 11.5. The van der Waals surface area contributed by atoms with Crippen molar-refractivity contribution in [3.05, 3.63) is 0 Å². The number of fused-ring (bicyclic) bond motifs is 1. The third-order valence-corrected chi connectivity index (χ3v) is 4.01. The molecule has 120 valence electrons. The average molecular weight is 304 g/mol. The number of esters is 1. The van der Waals surface area contributed by atoms with Crippen LogP contribution in [0.4, 0.5) is 0 Å². The quantitative estimate of drug-likeness (QED) is 0.621. The molecular formula is C13H20O8. The number of methoxy groups -OCH3 is 1. The van der Waals surface area contributed by atoms with E-state index in [-0.39, 0.29) is 6.42 Å². The highest BCUT2D eigenvalue weighted by molar-refractivity contribution is 5.76. The molecule has 0 radical (unpaired) electrons. The molecule has 3 fully saturated rings. The molecule has 21 heavy (non-hydrogen) atoms. The lowest BCUT2D eigenvalue weighted by Crippen LogP contribution is -2.52. The molecule has 3 aliphatic rings. The van der Waals surface area contributed by atoms with Crippen molar-refractivity contribution in [1.82, 2.24) is 0 Å². The third-order valence-electron chi connectivity index (χ3n) is 4.01. The van der Waals surface area contributed by atoms with E-state index in [1.165, 1.54) is 7.11 Å². The Morgan fingerprint density at radius 2 is 1.95 bits per heavy atom. The van der Waals surface area contributed by atoms with Gasteiger partial charge in [0.2, 0.25) is 0 Å². The van der Waals surface area contributed by atoms with Gasteiger partial charge in [0, 0.05) is 13.5 Å². The van der Waals surface area contributed by atoms with E-state index in [0.717, 1.165) is 0 Å². The Kier molecular flexibility index (Phi) is 3.71. The zero-order valence-corrected chi connectivity index (χ0v) is 12.1. The fourth-order valence-electron chi connectivity index (χ4n) is 3.06. The average Bonchev–Trinajstić information content (AvgIpc) is 2.86. The lowest BCUT2D eigenvalue weighted by atomic mass is 9.96. The van der Waals surface area contributed by atoms with Crippen LogP contribution in [-0.2, 0) is 28.5 Å². The smallest absolute Gasteiger partial charge is 0.338 e. The van der Waals surface area contributed by atoms with Crippen LogP contribution in [0.2, 0.25) is 0 Å². The minimum Gasteiger partial charge on any atom is -0.457 e. The van der Waals surface area contributed by atoms with Crippen molar-refractivity contribution in [2.45, 2.75) is 69.0 Å². The van der Waals surface area contributed by atoms with Gasteiger partial charge in [-0.2, -0.15) is 0 Å². The Bertz CT molecular complexity index is 424. The normalized spacial score (nSPS) is 49.0. The molecule has 8 heteroatoms. The van der Waals surface area contributed by atoms with Crippen molar-refractivity contribution < 1.29 is 38.7 Å². The molecule has 0 spiro atoms. The second-order valence-corrected chi connectivity index (χ2v) is 5.99. The number of aliphatic hydroxyl groups is 2. The highest BCUT2D eigenvalue weighted by atomic mass is 16.8. The molecule has 8 nitrogen and oxygen atoms in total. The van der Waals surface area contributed by atoms with Crippen LogP contribution >= 0.6 is 0 Å². The van der Waals surface area contributed by atoms with Gasteiger partial charge in [-0.3, -0.25) is 0 Å². The predicted molar refractivity (Wildman–Crippen MR) is 66.0 cm³/mol. The lowest BCUT2D eigenvalue weighted by Gasteiger charge is -2.35. The molecular weight excluding hydrogens is 284 g/mol. The van der Waals surface area contributed by atoms with Gasteiger partial charge in [0.05, 0.1) is 6.10 Å². The number of rotatable bonds is 2. The Labute approximate surface area is 121 Å². The second-order valence-electron chi connectivity index (χ2n) is 5.99. The molecule has 0 amide bonds. The molecule has 0 bridgehead atoms. The molecule has 3 heterocycles. The Hall–Kier alpha value is -0.770. The maximum atomic E-state index is 11.5. The van der Waals surface area contributed by atoms with Gasteiger partial charge >= 0.3 is 5.97 Å². The van der Waals surface area contributed by atoms with E-state index in [9.17, 15) is 15.0 Å². The number of ether oxygens (including phenoxy) is 5. The van der Waals surface area contributed by atoms with Crippen molar-refractivity contribution in [2.75, 3.05) is 7.11 Å². The standard InChI is InChI=1S/C13H20O8/c1-13(2)20-10-9(17-3)8(19-12(10)21-13)6-4-5(14)7(15)11(16)18-6/h5-10,12,14-15H,4H2,1-3H3/t5?,6-,7?,8-,9+,10-,12-/m1/s1. The van der Waals surface area contributed by atoms with Crippen LogP contribution < -0.4 is 0 Å². The molecule has 7 atom stereocenters. The van der Waals surface area contributed by atoms with Crippen LogP contribution in [0.15, 0.2) is 0 Å². The summed E-state index contributed by atoms with van der Waals surface area (Å²) in [6.07, 6.45) is -5.51. The topological polar surface area (TPSA) is 104 Å². The maximum Gasteiger partial charge on any atom is 0.338 e. The van der Waals surface area contributed by atoms with Gasteiger partial charge < -0.3 is 33.9 Å². The van der Waals surface area contributed by atoms with Gasteiger partial charge in [-0.1, -0.05) is 0 Å². The van der Waals surface area contributed by atoms with Crippen LogP contribution in [0.3, 0.4) is 0 Å². The van der Waals surface area contributed by atoms with Gasteiger partial charge in [0.1, 0.15) is 24.4 Å². The summed E-state index contributed by atoms with van der Waals surface area (Å²) in [6, 6.07) is 0. The lowest BCUT2D eigenvalue weighted by molar-refractivity contribution is -0.239. The van der Waals surface area contributed by atoms with Crippen molar-refractivity contribution >= 4 is 5.97 Å². The van der Waals surface area contributed by atoms with E-state index in [1.54, 1.807) is 13.8 Å². The SMILES string of the molecule is CO[C@@H]1[C@H]2OC(C)(C)O[C@H]2O[C@@H]1[C@H]1CC(O)C(O)C(=O)O1. The molecule has 0 aliphatic carbocycles. The van der Waals surface area contributed by atoms with Crippen LogP contribution in [0.1, 0.15) is 20.3 Å². The number of cyclic esters (lactones) is 1. The minimum absolute atomic E-state index is 0.0697. The zero-order valence-electron chi connectivity index (χ0n) is 12.1. The number of hydrogen-bond donors (Lipinski definition) is 2. The molecule has 3 rings (SSSR count). The van der Waals surface area contributed by atoms with Gasteiger partial charge in [-0.15, -0.1) is 0 Å². The first-order valence-corrected chi connectivity index (χ1v) is 6.93. The summed E-state index contributed by atoms with van der Waals surface area (Å²) in [7, 11) is 1.51. The number of hydrogen-bond acceptors (Lipinski definition) is 8. The minimum atomic E-state index is -1.52. The number of aliphatic hydroxyl groups excluding tert-OH is 2. The Morgan fingerprint density at radius 3 is 2.57 bits per heavy atom. The number of carbonyl (C=O) groups is 1. The van der Waals surface area contributed by atoms with Crippen LogP contribution in [0, 0.1) is 0 Å². The fraction of sp³-hybridized carbons (Fsp3) is 0.923. The van der Waals surface area contributed by atoms with Crippen molar-refractivity contribution in [1.29, 1.82) is 0 Å². The molecule has 0 aromatic rings. The van der Waals surface area contributed by atoms with Crippen LogP contribution in [0.25, 0.3) is 0 Å². The van der Waals surface area contributed by atoms with Crippen LogP contribution in [-0.4, -0.2) is 72.0 Å². The molecule has 0 aromatic carbocycles. The highest BCUT2D eigenvalue weighted by Crippen LogP contribution is 2.41. The van der Waals surface area contributed by atoms with E-state index in [4.69, 9.17) is 23.7 Å². The first kappa shape index (κ1) is 15.1. The first-order valence-electron chi connectivity index (χ1n) is 6.93. The summed E-state index contributed by atoms with van der Waals surface area (Å²) >= 11 is 0. The molecule has 3 saturated heterocycles. The van der Waals surface area contributed by atoms with E-state index < -0.39 is 54.7 Å². The van der Waals surface area contributed by atoms with Gasteiger partial charge in [-0.25, -0.2) is 4.79 Å². The predicted octanol–water partition coefficient (Wildman–Crippen LogP) is -1.08. The molecule has 0 aromatic heterocycles. The van der Waals surface area contributed by atoms with Gasteiger partial charge in [0.15, 0.2) is 18.2 Å². The third kappa shape index (κ3) is 2.56. The summed E-state index contributed by atoms with van der Waals surface area (Å²) in [5.74, 6) is -1.63.